The third-order valence-electron chi connectivity index (χ3n) is 9.36. The lowest BCUT2D eigenvalue weighted by molar-refractivity contribution is -0.140. The van der Waals surface area contributed by atoms with Crippen LogP contribution in [0, 0.1) is 5.92 Å². The van der Waals surface area contributed by atoms with Gasteiger partial charge in [0.1, 0.15) is 17.9 Å². The van der Waals surface area contributed by atoms with Crippen LogP contribution in [0.25, 0.3) is 33.2 Å². The molecule has 2 atom stereocenters. The van der Waals surface area contributed by atoms with Crippen molar-refractivity contribution < 1.29 is 33.4 Å². The molecule has 0 aliphatic carbocycles. The highest BCUT2D eigenvalue weighted by molar-refractivity contribution is 5.92. The number of carbonyl (C=O) groups is 5. The number of aromatic nitrogens is 2. The van der Waals surface area contributed by atoms with Gasteiger partial charge in [-0.25, -0.2) is 9.78 Å². The molecule has 2 unspecified atom stereocenters. The van der Waals surface area contributed by atoms with Crippen molar-refractivity contribution in [2.45, 2.75) is 84.8 Å². The van der Waals surface area contributed by atoms with Gasteiger partial charge in [-0.1, -0.05) is 82.6 Å². The molecule has 1 fully saturated rings. The number of ether oxygens (including phenoxy) is 2. The Morgan fingerprint density at radius 1 is 0.931 bits per heavy atom. The number of benzene rings is 3. The number of unbranched alkanes of at least 4 members (excludes halogenated alkanes) is 1. The van der Waals surface area contributed by atoms with E-state index in [9.17, 15) is 19.2 Å². The molecule has 0 saturated carbocycles. The molecular formula is C44H61N7O7. The maximum atomic E-state index is 13.3. The standard InChI is InChI=1S/C39H49N7O5.C3H8.C2H4O2/c1-25(2)36(45-39(50)51-4)38(49)46-19-7-8-33(46)37(48)43-22-26-10-12-27(13-11-26)28-14-15-30-21-31(17-16-29(30)20-28)32-23-42-34(44-32)9-5-6-18-41-35(47)24-40-3;1-3-2;1-4-2-3/h10-17,20-21,23,25,33,36,40H,5-9,18-19,22,24H2,1-4H3,(H,41,47)(H,42,44)(H,43,48)(H,45,50);3H2,1-2H3;2H,1H3. The molecule has 14 heteroatoms. The fourth-order valence-electron chi connectivity index (χ4n) is 6.40. The van der Waals surface area contributed by atoms with Crippen molar-refractivity contribution in [1.29, 1.82) is 0 Å². The zero-order valence-corrected chi connectivity index (χ0v) is 35.0. The minimum atomic E-state index is -0.766. The first-order chi connectivity index (χ1) is 28.0. The second-order valence-electron chi connectivity index (χ2n) is 14.4. The van der Waals surface area contributed by atoms with Crippen molar-refractivity contribution in [2.24, 2.45) is 5.92 Å². The van der Waals surface area contributed by atoms with Gasteiger partial charge in [-0.3, -0.25) is 19.2 Å². The highest BCUT2D eigenvalue weighted by Gasteiger charge is 2.38. The van der Waals surface area contributed by atoms with Gasteiger partial charge in [0.15, 0.2) is 0 Å². The lowest BCUT2D eigenvalue weighted by atomic mass is 9.98. The minimum absolute atomic E-state index is 0.00943. The summed E-state index contributed by atoms with van der Waals surface area (Å²) in [6, 6.07) is 19.6. The van der Waals surface area contributed by atoms with Crippen LogP contribution < -0.4 is 21.3 Å². The van der Waals surface area contributed by atoms with Crippen LogP contribution in [0.2, 0.25) is 0 Å². The topological polar surface area (TPSA) is 184 Å². The summed E-state index contributed by atoms with van der Waals surface area (Å²) in [4.78, 5) is 68.4. The van der Waals surface area contributed by atoms with Gasteiger partial charge in [-0.05, 0) is 78.2 Å². The molecule has 0 radical (unpaired) electrons. The molecule has 5 rings (SSSR count). The van der Waals surface area contributed by atoms with Gasteiger partial charge in [0.25, 0.3) is 6.47 Å². The van der Waals surface area contributed by atoms with E-state index in [0.29, 0.717) is 39.1 Å². The van der Waals surface area contributed by atoms with E-state index in [4.69, 9.17) is 9.53 Å². The van der Waals surface area contributed by atoms with Crippen LogP contribution in [-0.2, 0) is 41.6 Å². The van der Waals surface area contributed by atoms with Gasteiger partial charge in [0, 0.05) is 31.6 Å². The number of likely N-dealkylation sites (N-methyl/N-ethyl adjacent to an activating group) is 1. The van der Waals surface area contributed by atoms with E-state index in [0.717, 1.165) is 70.2 Å². The number of nitrogens with one attached hydrogen (secondary N) is 5. The summed E-state index contributed by atoms with van der Waals surface area (Å²) in [5.41, 5.74) is 5.17. The molecule has 14 nitrogen and oxygen atoms in total. The molecule has 1 aromatic heterocycles. The molecule has 0 spiro atoms. The lowest BCUT2D eigenvalue weighted by Gasteiger charge is -2.30. The summed E-state index contributed by atoms with van der Waals surface area (Å²) in [6.07, 6.45) is 6.40. The molecule has 4 aromatic rings. The average Bonchev–Trinajstić information content (AvgIpc) is 3.93. The zero-order valence-electron chi connectivity index (χ0n) is 35.0. The number of imidazole rings is 1. The van der Waals surface area contributed by atoms with E-state index >= 15 is 0 Å². The third kappa shape index (κ3) is 14.3. The van der Waals surface area contributed by atoms with E-state index in [1.54, 1.807) is 11.9 Å². The van der Waals surface area contributed by atoms with Crippen LogP contribution in [-0.4, -0.2) is 98.1 Å². The van der Waals surface area contributed by atoms with Gasteiger partial charge in [0.05, 0.1) is 32.7 Å². The Morgan fingerprint density at radius 3 is 2.19 bits per heavy atom. The first-order valence-corrected chi connectivity index (χ1v) is 20.0. The van der Waals surface area contributed by atoms with Crippen LogP contribution in [0.4, 0.5) is 4.79 Å². The Morgan fingerprint density at radius 2 is 1.57 bits per heavy atom. The van der Waals surface area contributed by atoms with Gasteiger partial charge in [-0.15, -0.1) is 0 Å². The number of fused-ring (bicyclic) bond motifs is 1. The monoisotopic (exact) mass is 799 g/mol. The number of aromatic amines is 1. The molecule has 314 valence electrons. The number of carbonyl (C=O) groups excluding carboxylic acids is 5. The molecule has 0 bridgehead atoms. The third-order valence-corrected chi connectivity index (χ3v) is 9.36. The Hall–Kier alpha value is -5.76. The summed E-state index contributed by atoms with van der Waals surface area (Å²) < 4.78 is 8.55. The number of aryl methyl sites for hydroxylation is 1. The van der Waals surface area contributed by atoms with Crippen molar-refractivity contribution >= 4 is 41.1 Å². The Bertz CT molecular complexity index is 1910. The van der Waals surface area contributed by atoms with Gasteiger partial charge in [0.2, 0.25) is 17.7 Å². The normalized spacial score (nSPS) is 13.7. The van der Waals surface area contributed by atoms with E-state index < -0.39 is 18.2 Å². The summed E-state index contributed by atoms with van der Waals surface area (Å²) >= 11 is 0. The first-order valence-electron chi connectivity index (χ1n) is 20.0. The number of H-pyrrole nitrogens is 1. The predicted molar refractivity (Wildman–Crippen MR) is 227 cm³/mol. The summed E-state index contributed by atoms with van der Waals surface area (Å²) in [5.74, 6) is 0.314. The highest BCUT2D eigenvalue weighted by Crippen LogP contribution is 2.29. The molecule has 1 saturated heterocycles. The fraction of sp³-hybridized carbons (Fsp3) is 0.455. The molecule has 1 aliphatic heterocycles. The number of hydrogen-bond acceptors (Lipinski definition) is 9. The number of methoxy groups -OCH3 is 2. The highest BCUT2D eigenvalue weighted by atomic mass is 16.5. The van der Waals surface area contributed by atoms with E-state index in [-0.39, 0.29) is 23.6 Å². The quantitative estimate of drug-likeness (QED) is 0.0696. The molecule has 58 heavy (non-hydrogen) atoms. The predicted octanol–water partition coefficient (Wildman–Crippen LogP) is 5.75. The average molecular weight is 800 g/mol. The summed E-state index contributed by atoms with van der Waals surface area (Å²) in [5, 5.41) is 13.6. The molecule has 4 amide bonds. The van der Waals surface area contributed by atoms with Crippen LogP contribution in [0.5, 0.6) is 0 Å². The Kier molecular flexibility index (Phi) is 19.9. The van der Waals surface area contributed by atoms with Crippen molar-refractivity contribution in [2.75, 3.05) is 40.9 Å². The number of amides is 4. The smallest absolute Gasteiger partial charge is 0.407 e. The second-order valence-corrected chi connectivity index (χ2v) is 14.4. The number of alkyl carbamates (subject to hydrolysis) is 1. The van der Waals surface area contributed by atoms with Crippen LogP contribution in [0.15, 0.2) is 66.9 Å². The maximum absolute atomic E-state index is 13.3. The number of nitrogens with zero attached hydrogens (tertiary/aromatic N) is 2. The molecule has 1 aliphatic rings. The SMILES string of the molecule is CCC.CNCC(=O)NCCCCc1ncc(-c2ccc3cc(-c4ccc(CNC(=O)C5CCCN5C(=O)C(NC(=O)OC)C(C)C)cc4)ccc3c2)[nH]1.COC=O. The van der Waals surface area contributed by atoms with Gasteiger partial charge >= 0.3 is 6.09 Å². The largest absolute Gasteiger partial charge is 0.471 e. The zero-order chi connectivity index (χ0) is 42.5. The van der Waals surface area contributed by atoms with E-state index in [2.05, 4.69) is 98.4 Å². The number of hydrogen-bond donors (Lipinski definition) is 5. The van der Waals surface area contributed by atoms with Crippen LogP contribution >= 0.6 is 0 Å². The summed E-state index contributed by atoms with van der Waals surface area (Å²) in [7, 11) is 4.33. The number of rotatable bonds is 16. The summed E-state index contributed by atoms with van der Waals surface area (Å²) in [6.45, 7) is 10.1. The first kappa shape index (κ1) is 46.6. The van der Waals surface area contributed by atoms with Crippen LogP contribution in [0.1, 0.15) is 71.2 Å². The van der Waals surface area contributed by atoms with E-state index in [1.807, 2.05) is 32.2 Å². The van der Waals surface area contributed by atoms with Gasteiger partial charge in [-0.2, -0.15) is 0 Å². The Balaban J connectivity index is 0.00000119. The van der Waals surface area contributed by atoms with Crippen molar-refractivity contribution in [3.8, 4) is 22.4 Å². The molecule has 2 heterocycles. The minimum Gasteiger partial charge on any atom is -0.471 e. The lowest BCUT2D eigenvalue weighted by Crippen LogP contribution is -2.55. The van der Waals surface area contributed by atoms with E-state index in [1.165, 1.54) is 20.6 Å². The van der Waals surface area contributed by atoms with Crippen molar-refractivity contribution in [1.82, 2.24) is 36.1 Å². The fourth-order valence-corrected chi connectivity index (χ4v) is 6.40. The maximum Gasteiger partial charge on any atom is 0.407 e. The van der Waals surface area contributed by atoms with Crippen LogP contribution in [0.3, 0.4) is 0 Å². The Labute approximate surface area is 342 Å². The van der Waals surface area contributed by atoms with Crippen molar-refractivity contribution in [3.05, 3.63) is 78.2 Å². The van der Waals surface area contributed by atoms with Gasteiger partial charge < -0.3 is 40.6 Å². The number of likely N-dealkylation sites (tertiary alicyclic amines) is 1. The second kappa shape index (κ2) is 24.8. The van der Waals surface area contributed by atoms with Crippen molar-refractivity contribution in [3.63, 3.8) is 0 Å². The molecular weight excluding hydrogens is 739 g/mol. The molecule has 3 aromatic carbocycles. The molecule has 5 N–H and O–H groups in total.